The van der Waals surface area contributed by atoms with Crippen molar-refractivity contribution < 1.29 is 9.59 Å². The first-order valence-electron chi connectivity index (χ1n) is 3.07. The van der Waals surface area contributed by atoms with Crippen LogP contribution in [0.25, 0.3) is 0 Å². The topological polar surface area (TPSA) is 49.4 Å². The molecule has 0 unspecified atom stereocenters. The Morgan fingerprint density at radius 1 is 1.64 bits per heavy atom. The number of likely N-dealkylation sites (N-methyl/N-ethyl adjacent to an activating group) is 1. The van der Waals surface area contributed by atoms with Gasteiger partial charge in [-0.05, 0) is 13.8 Å². The van der Waals surface area contributed by atoms with Gasteiger partial charge in [-0.2, -0.15) is 0 Å². The lowest BCUT2D eigenvalue weighted by Gasteiger charge is -2.24. The van der Waals surface area contributed by atoms with Gasteiger partial charge in [0.15, 0.2) is 0 Å². The van der Waals surface area contributed by atoms with Crippen LogP contribution in [0.1, 0.15) is 13.8 Å². The third-order valence-corrected chi connectivity index (χ3v) is 1.56. The SMILES string of the molecule is CN(Br)C(=O)C(C)(C)NC=O. The fraction of sp³-hybridized carbons (Fsp3) is 0.667. The molecule has 0 aromatic carbocycles. The molecule has 11 heavy (non-hydrogen) atoms. The van der Waals surface area contributed by atoms with Gasteiger partial charge in [-0.25, -0.2) is 0 Å². The molecule has 4 nitrogen and oxygen atoms in total. The highest BCUT2D eigenvalue weighted by Crippen LogP contribution is 2.08. The number of rotatable bonds is 3. The van der Waals surface area contributed by atoms with Crippen molar-refractivity contribution in [2.75, 3.05) is 7.05 Å². The summed E-state index contributed by atoms with van der Waals surface area (Å²) in [5.41, 5.74) is -0.847. The molecule has 0 aromatic rings. The maximum Gasteiger partial charge on any atom is 0.257 e. The van der Waals surface area contributed by atoms with Crippen molar-refractivity contribution in [2.24, 2.45) is 0 Å². The number of nitrogens with zero attached hydrogens (tertiary/aromatic N) is 1. The predicted molar refractivity (Wildman–Crippen MR) is 45.0 cm³/mol. The van der Waals surface area contributed by atoms with E-state index < -0.39 is 5.54 Å². The van der Waals surface area contributed by atoms with Gasteiger partial charge in [0.2, 0.25) is 6.41 Å². The Hall–Kier alpha value is -0.580. The van der Waals surface area contributed by atoms with Gasteiger partial charge in [-0.3, -0.25) is 13.5 Å². The van der Waals surface area contributed by atoms with Crippen molar-refractivity contribution in [3.63, 3.8) is 0 Å². The van der Waals surface area contributed by atoms with Crippen molar-refractivity contribution in [3.05, 3.63) is 0 Å². The second-order valence-corrected chi connectivity index (χ2v) is 3.73. The lowest BCUT2D eigenvalue weighted by molar-refractivity contribution is -0.132. The lowest BCUT2D eigenvalue weighted by atomic mass is 10.1. The van der Waals surface area contributed by atoms with E-state index in [0.29, 0.717) is 6.41 Å². The van der Waals surface area contributed by atoms with Crippen LogP contribution in [0.4, 0.5) is 0 Å². The zero-order valence-corrected chi connectivity index (χ0v) is 8.31. The van der Waals surface area contributed by atoms with E-state index in [9.17, 15) is 9.59 Å². The molecule has 0 heterocycles. The number of nitrogens with one attached hydrogen (secondary N) is 1. The monoisotopic (exact) mass is 222 g/mol. The van der Waals surface area contributed by atoms with Gasteiger partial charge in [0.05, 0.1) is 16.1 Å². The van der Waals surface area contributed by atoms with Gasteiger partial charge in [0.1, 0.15) is 5.54 Å². The molecule has 0 bridgehead atoms. The molecule has 64 valence electrons. The van der Waals surface area contributed by atoms with E-state index in [0.717, 1.165) is 0 Å². The summed E-state index contributed by atoms with van der Waals surface area (Å²) in [6.07, 6.45) is 0.508. The molecule has 2 amide bonds. The first kappa shape index (κ1) is 10.4. The van der Waals surface area contributed by atoms with Crippen molar-refractivity contribution in [1.82, 2.24) is 9.24 Å². The minimum atomic E-state index is -0.847. The fourth-order valence-corrected chi connectivity index (χ4v) is 1.04. The summed E-state index contributed by atoms with van der Waals surface area (Å²) >= 11 is 2.97. The lowest BCUT2D eigenvalue weighted by Crippen LogP contribution is -2.50. The molecule has 0 aliphatic carbocycles. The van der Waals surface area contributed by atoms with Crippen molar-refractivity contribution in [3.8, 4) is 0 Å². The quantitative estimate of drug-likeness (QED) is 0.551. The molecule has 0 spiro atoms. The molecule has 0 fully saturated rings. The van der Waals surface area contributed by atoms with Crippen LogP contribution in [0.5, 0.6) is 0 Å². The van der Waals surface area contributed by atoms with Crippen LogP contribution in [0.2, 0.25) is 0 Å². The zero-order chi connectivity index (χ0) is 9.07. The Morgan fingerprint density at radius 3 is 2.36 bits per heavy atom. The maximum atomic E-state index is 11.2. The Bertz CT molecular complexity index is 168. The third-order valence-electron chi connectivity index (χ3n) is 1.23. The van der Waals surface area contributed by atoms with Gasteiger partial charge < -0.3 is 5.32 Å². The summed E-state index contributed by atoms with van der Waals surface area (Å²) < 4.78 is 1.25. The van der Waals surface area contributed by atoms with Crippen LogP contribution >= 0.6 is 16.1 Å². The van der Waals surface area contributed by atoms with Crippen LogP contribution < -0.4 is 5.32 Å². The van der Waals surface area contributed by atoms with Crippen molar-refractivity contribution in [1.29, 1.82) is 0 Å². The maximum absolute atomic E-state index is 11.2. The van der Waals surface area contributed by atoms with Crippen LogP contribution in [0.15, 0.2) is 0 Å². The molecular formula is C6H11BrN2O2. The summed E-state index contributed by atoms with van der Waals surface area (Å²) in [5, 5.41) is 2.40. The smallest absolute Gasteiger partial charge is 0.257 e. The molecule has 0 radical (unpaired) electrons. The van der Waals surface area contributed by atoms with Gasteiger partial charge in [0, 0.05) is 7.05 Å². The fourth-order valence-electron chi connectivity index (χ4n) is 0.594. The van der Waals surface area contributed by atoms with Crippen LogP contribution in [0.3, 0.4) is 0 Å². The molecule has 0 saturated heterocycles. The van der Waals surface area contributed by atoms with Crippen molar-refractivity contribution >= 4 is 28.5 Å². The summed E-state index contributed by atoms with van der Waals surface area (Å²) in [6, 6.07) is 0. The summed E-state index contributed by atoms with van der Waals surface area (Å²) in [5.74, 6) is -0.204. The molecule has 0 rings (SSSR count). The van der Waals surface area contributed by atoms with Gasteiger partial charge in [-0.15, -0.1) is 0 Å². The Morgan fingerprint density at radius 2 is 2.09 bits per heavy atom. The van der Waals surface area contributed by atoms with E-state index in [1.165, 1.54) is 3.93 Å². The van der Waals surface area contributed by atoms with Gasteiger partial charge in [-0.1, -0.05) is 0 Å². The van der Waals surface area contributed by atoms with Crippen LogP contribution in [-0.4, -0.2) is 28.8 Å². The summed E-state index contributed by atoms with van der Waals surface area (Å²) in [4.78, 5) is 21.3. The van der Waals surface area contributed by atoms with Gasteiger partial charge >= 0.3 is 0 Å². The molecule has 0 aliphatic heterocycles. The number of carbonyl (C=O) groups excluding carboxylic acids is 2. The highest BCUT2D eigenvalue weighted by molar-refractivity contribution is 9.07. The van der Waals surface area contributed by atoms with Crippen LogP contribution in [0, 0.1) is 0 Å². The van der Waals surface area contributed by atoms with E-state index in [1.807, 2.05) is 0 Å². The average molecular weight is 223 g/mol. The number of halogens is 1. The average Bonchev–Trinajstić information content (AvgIpc) is 1.86. The standard InChI is InChI=1S/C6H11BrN2O2/c1-6(2,8-4-10)5(11)9(3)7/h4H,1-3H3,(H,8,10). The largest absolute Gasteiger partial charge is 0.345 e. The summed E-state index contributed by atoms with van der Waals surface area (Å²) in [7, 11) is 1.57. The molecule has 0 aromatic heterocycles. The number of amides is 2. The molecule has 0 aliphatic rings. The highest BCUT2D eigenvalue weighted by Gasteiger charge is 2.28. The minimum absolute atomic E-state index is 0.204. The number of hydrogen-bond acceptors (Lipinski definition) is 2. The first-order chi connectivity index (χ1) is 4.91. The molecular weight excluding hydrogens is 212 g/mol. The Labute approximate surface area is 74.3 Å². The number of carbonyl (C=O) groups is 2. The van der Waals surface area contributed by atoms with E-state index >= 15 is 0 Å². The number of hydrogen-bond donors (Lipinski definition) is 1. The van der Waals surface area contributed by atoms with E-state index in [2.05, 4.69) is 21.5 Å². The zero-order valence-electron chi connectivity index (χ0n) is 6.72. The molecule has 0 saturated carbocycles. The van der Waals surface area contributed by atoms with E-state index in [1.54, 1.807) is 20.9 Å². The highest BCUT2D eigenvalue weighted by atomic mass is 79.9. The molecule has 1 N–H and O–H groups in total. The Kier molecular flexibility index (Phi) is 3.51. The van der Waals surface area contributed by atoms with E-state index in [4.69, 9.17) is 0 Å². The van der Waals surface area contributed by atoms with Gasteiger partial charge in [0.25, 0.3) is 5.91 Å². The van der Waals surface area contributed by atoms with Crippen molar-refractivity contribution in [2.45, 2.75) is 19.4 Å². The normalized spacial score (nSPS) is 10.5. The second-order valence-electron chi connectivity index (χ2n) is 2.67. The third kappa shape index (κ3) is 2.88. The Balaban J connectivity index is 4.28. The molecule has 0 atom stereocenters. The van der Waals surface area contributed by atoms with E-state index in [-0.39, 0.29) is 5.91 Å². The molecule has 5 heteroatoms. The predicted octanol–water partition coefficient (Wildman–Crippen LogP) is 0.279. The first-order valence-corrected chi connectivity index (χ1v) is 3.78. The second kappa shape index (κ2) is 3.71. The minimum Gasteiger partial charge on any atom is -0.345 e. The van der Waals surface area contributed by atoms with Crippen LogP contribution in [-0.2, 0) is 9.59 Å². The summed E-state index contributed by atoms with van der Waals surface area (Å²) in [6.45, 7) is 3.25.